The fourth-order valence-electron chi connectivity index (χ4n) is 1.02. The van der Waals surface area contributed by atoms with Gasteiger partial charge in [-0.25, -0.2) is 0 Å². The molecule has 0 aromatic carbocycles. The Labute approximate surface area is 86.6 Å². The number of rotatable bonds is 8. The second-order valence-electron chi connectivity index (χ2n) is 3.33. The Kier molecular flexibility index (Phi) is 8.87. The highest BCUT2D eigenvalue weighted by atomic mass is 35.5. The van der Waals surface area contributed by atoms with Crippen LogP contribution in [0.4, 0.5) is 0 Å². The van der Waals surface area contributed by atoms with E-state index in [1.165, 1.54) is 0 Å². The fourth-order valence-corrected chi connectivity index (χ4v) is 1.26. The minimum absolute atomic E-state index is 0.692. The van der Waals surface area contributed by atoms with Crippen LogP contribution in [0, 0.1) is 0 Å². The van der Waals surface area contributed by atoms with Crippen molar-refractivity contribution in [1.29, 1.82) is 0 Å². The zero-order valence-corrected chi connectivity index (χ0v) is 9.68. The number of alkyl halides is 1. The smallest absolute Gasteiger partial charge is 0.0589 e. The van der Waals surface area contributed by atoms with Gasteiger partial charge in [-0.3, -0.25) is 4.90 Å². The number of methoxy groups -OCH3 is 1. The second-order valence-corrected chi connectivity index (χ2v) is 3.70. The predicted molar refractivity (Wildman–Crippen MR) is 57.6 cm³/mol. The lowest BCUT2D eigenvalue weighted by Crippen LogP contribution is -2.35. The van der Waals surface area contributed by atoms with Crippen LogP contribution < -0.4 is 0 Å². The van der Waals surface area contributed by atoms with Gasteiger partial charge in [0.25, 0.3) is 0 Å². The Morgan fingerprint density at radius 3 is 2.23 bits per heavy atom. The summed E-state index contributed by atoms with van der Waals surface area (Å²) in [6.45, 7) is 4.82. The Morgan fingerprint density at radius 2 is 1.77 bits per heavy atom. The predicted octanol–water partition coefficient (Wildman–Crippen LogP) is 0.735. The van der Waals surface area contributed by atoms with Crippen molar-refractivity contribution in [1.82, 2.24) is 9.80 Å². The summed E-state index contributed by atoms with van der Waals surface area (Å²) in [5.41, 5.74) is 0. The Morgan fingerprint density at radius 1 is 1.08 bits per heavy atom. The molecule has 0 unspecified atom stereocenters. The van der Waals surface area contributed by atoms with E-state index >= 15 is 0 Å². The Bertz CT molecular complexity index is 112. The molecule has 3 nitrogen and oxygen atoms in total. The van der Waals surface area contributed by atoms with Crippen molar-refractivity contribution in [3.8, 4) is 0 Å². The van der Waals surface area contributed by atoms with E-state index in [2.05, 4.69) is 23.9 Å². The lowest BCUT2D eigenvalue weighted by Gasteiger charge is -2.22. The first kappa shape index (κ1) is 13.2. The van der Waals surface area contributed by atoms with Crippen LogP contribution in [-0.4, -0.2) is 69.7 Å². The summed E-state index contributed by atoms with van der Waals surface area (Å²) >= 11 is 5.69. The summed E-state index contributed by atoms with van der Waals surface area (Å²) < 4.78 is 5.03. The Hall–Kier alpha value is 0.170. The van der Waals surface area contributed by atoms with Crippen LogP contribution >= 0.6 is 11.6 Å². The Balaban J connectivity index is 3.53. The molecule has 0 amide bonds. The van der Waals surface area contributed by atoms with Gasteiger partial charge in [-0.05, 0) is 14.1 Å². The average molecular weight is 209 g/mol. The third kappa shape index (κ3) is 8.50. The molecule has 0 atom stereocenters. The number of halogens is 1. The number of ether oxygens (including phenoxy) is 1. The summed E-state index contributed by atoms with van der Waals surface area (Å²) in [6, 6.07) is 0. The van der Waals surface area contributed by atoms with Gasteiger partial charge < -0.3 is 9.64 Å². The van der Waals surface area contributed by atoms with Crippen LogP contribution in [0.1, 0.15) is 0 Å². The third-order valence-electron chi connectivity index (χ3n) is 1.88. The highest BCUT2D eigenvalue weighted by Gasteiger charge is 2.03. The largest absolute Gasteiger partial charge is 0.383 e. The molecule has 4 heteroatoms. The van der Waals surface area contributed by atoms with Gasteiger partial charge in [0.1, 0.15) is 0 Å². The molecule has 0 aliphatic carbocycles. The minimum Gasteiger partial charge on any atom is -0.383 e. The molecule has 0 spiro atoms. The number of nitrogens with zero attached hydrogens (tertiary/aromatic N) is 2. The normalized spacial score (nSPS) is 11.5. The lowest BCUT2D eigenvalue weighted by molar-refractivity contribution is 0.146. The molecule has 0 radical (unpaired) electrons. The summed E-state index contributed by atoms with van der Waals surface area (Å²) in [5.74, 6) is 0.692. The molecule has 0 rings (SSSR count). The number of likely N-dealkylation sites (N-methyl/N-ethyl adjacent to an activating group) is 1. The standard InChI is InChI=1S/C9H21ClN2O/c1-11(2)6-7-12(5-4-10)8-9-13-3/h4-9H2,1-3H3. The van der Waals surface area contributed by atoms with Gasteiger partial charge in [0.2, 0.25) is 0 Å². The van der Waals surface area contributed by atoms with E-state index in [-0.39, 0.29) is 0 Å². The molecular formula is C9H21ClN2O. The van der Waals surface area contributed by atoms with Gasteiger partial charge in [0, 0.05) is 39.2 Å². The van der Waals surface area contributed by atoms with Gasteiger partial charge in [0.05, 0.1) is 6.61 Å². The summed E-state index contributed by atoms with van der Waals surface area (Å²) in [4.78, 5) is 4.49. The molecule has 0 aliphatic rings. The molecule has 13 heavy (non-hydrogen) atoms. The van der Waals surface area contributed by atoms with Gasteiger partial charge >= 0.3 is 0 Å². The minimum atomic E-state index is 0.692. The van der Waals surface area contributed by atoms with Gasteiger partial charge in [-0.15, -0.1) is 11.6 Å². The first-order valence-corrected chi connectivity index (χ1v) is 5.16. The summed E-state index contributed by atoms with van der Waals surface area (Å²) in [5, 5.41) is 0. The zero-order valence-electron chi connectivity index (χ0n) is 8.92. The fraction of sp³-hybridized carbons (Fsp3) is 1.00. The number of hydrogen-bond donors (Lipinski definition) is 0. The van der Waals surface area contributed by atoms with Crippen molar-refractivity contribution < 1.29 is 4.74 Å². The first-order valence-electron chi connectivity index (χ1n) is 4.62. The van der Waals surface area contributed by atoms with Crippen molar-refractivity contribution in [2.75, 3.05) is 59.9 Å². The molecule has 0 aromatic heterocycles. The maximum Gasteiger partial charge on any atom is 0.0589 e. The molecule has 0 N–H and O–H groups in total. The molecule has 0 heterocycles. The quantitative estimate of drug-likeness (QED) is 0.548. The van der Waals surface area contributed by atoms with Crippen molar-refractivity contribution in [2.45, 2.75) is 0 Å². The molecule has 0 bridgehead atoms. The SMILES string of the molecule is COCCN(CCCl)CCN(C)C. The van der Waals surface area contributed by atoms with Crippen molar-refractivity contribution in [3.63, 3.8) is 0 Å². The monoisotopic (exact) mass is 208 g/mol. The average Bonchev–Trinajstić information content (AvgIpc) is 2.09. The molecule has 0 fully saturated rings. The van der Waals surface area contributed by atoms with Crippen LogP contribution in [0.5, 0.6) is 0 Å². The van der Waals surface area contributed by atoms with Gasteiger partial charge in [-0.1, -0.05) is 0 Å². The molecule has 80 valence electrons. The van der Waals surface area contributed by atoms with E-state index in [0.717, 1.165) is 32.8 Å². The maximum absolute atomic E-state index is 5.69. The zero-order chi connectivity index (χ0) is 10.1. The van der Waals surface area contributed by atoms with E-state index in [9.17, 15) is 0 Å². The van der Waals surface area contributed by atoms with Gasteiger partial charge in [0.15, 0.2) is 0 Å². The van der Waals surface area contributed by atoms with E-state index < -0.39 is 0 Å². The van der Waals surface area contributed by atoms with Crippen molar-refractivity contribution >= 4 is 11.6 Å². The van der Waals surface area contributed by atoms with E-state index in [1.54, 1.807) is 7.11 Å². The van der Waals surface area contributed by atoms with E-state index in [1.807, 2.05) is 0 Å². The van der Waals surface area contributed by atoms with E-state index in [0.29, 0.717) is 5.88 Å². The van der Waals surface area contributed by atoms with Crippen molar-refractivity contribution in [3.05, 3.63) is 0 Å². The van der Waals surface area contributed by atoms with E-state index in [4.69, 9.17) is 16.3 Å². The maximum atomic E-state index is 5.69. The molecule has 0 saturated heterocycles. The molecule has 0 aromatic rings. The van der Waals surface area contributed by atoms with Gasteiger partial charge in [-0.2, -0.15) is 0 Å². The first-order chi connectivity index (χ1) is 6.20. The molecule has 0 aliphatic heterocycles. The highest BCUT2D eigenvalue weighted by molar-refractivity contribution is 6.18. The topological polar surface area (TPSA) is 15.7 Å². The summed E-state index contributed by atoms with van der Waals surface area (Å²) in [7, 11) is 5.88. The summed E-state index contributed by atoms with van der Waals surface area (Å²) in [6.07, 6.45) is 0. The molecule has 0 saturated carbocycles. The van der Waals surface area contributed by atoms with Crippen LogP contribution in [0.25, 0.3) is 0 Å². The van der Waals surface area contributed by atoms with Crippen molar-refractivity contribution in [2.24, 2.45) is 0 Å². The lowest BCUT2D eigenvalue weighted by atomic mass is 10.4. The van der Waals surface area contributed by atoms with Crippen LogP contribution in [0.2, 0.25) is 0 Å². The van der Waals surface area contributed by atoms with Crippen LogP contribution in [0.3, 0.4) is 0 Å². The highest BCUT2D eigenvalue weighted by Crippen LogP contribution is 1.91. The van der Waals surface area contributed by atoms with Crippen LogP contribution in [-0.2, 0) is 4.74 Å². The number of hydrogen-bond acceptors (Lipinski definition) is 3. The molecular weight excluding hydrogens is 188 g/mol. The third-order valence-corrected chi connectivity index (χ3v) is 2.04. The second kappa shape index (κ2) is 8.75. The van der Waals surface area contributed by atoms with Crippen LogP contribution in [0.15, 0.2) is 0 Å².